The van der Waals surface area contributed by atoms with Crippen LogP contribution < -0.4 is 10.6 Å². The topological polar surface area (TPSA) is 24.1 Å². The first kappa shape index (κ1) is 14.3. The van der Waals surface area contributed by atoms with Crippen LogP contribution in [0.5, 0.6) is 0 Å². The van der Waals surface area contributed by atoms with Crippen molar-refractivity contribution in [3.8, 4) is 11.1 Å². The Morgan fingerprint density at radius 3 is 2.67 bits per heavy atom. The standard InChI is InChI=1S/C19H24N2/c1-20-14-18-5-2-3-8-19(18)17-7-4-6-16(13-17)15-9-11-21-12-10-15/h2-8,13,15,20-21H,9-12,14H2,1H3. The third-order valence-corrected chi connectivity index (χ3v) is 4.39. The van der Waals surface area contributed by atoms with Crippen LogP contribution in [-0.2, 0) is 6.54 Å². The van der Waals surface area contributed by atoms with Crippen molar-refractivity contribution in [1.82, 2.24) is 10.6 Å². The minimum atomic E-state index is 0.711. The molecule has 2 heteroatoms. The van der Waals surface area contributed by atoms with Crippen LogP contribution in [0.15, 0.2) is 48.5 Å². The second kappa shape index (κ2) is 6.88. The van der Waals surface area contributed by atoms with Crippen LogP contribution in [0.1, 0.15) is 29.9 Å². The number of piperidine rings is 1. The number of hydrogen-bond donors (Lipinski definition) is 2. The van der Waals surface area contributed by atoms with Crippen molar-refractivity contribution in [3.63, 3.8) is 0 Å². The first-order valence-electron chi connectivity index (χ1n) is 7.92. The Morgan fingerprint density at radius 2 is 1.86 bits per heavy atom. The van der Waals surface area contributed by atoms with E-state index in [1.807, 2.05) is 7.05 Å². The molecule has 2 nitrogen and oxygen atoms in total. The molecule has 1 aliphatic rings. The summed E-state index contributed by atoms with van der Waals surface area (Å²) in [5.41, 5.74) is 5.55. The van der Waals surface area contributed by atoms with Crippen LogP contribution in [0.2, 0.25) is 0 Å². The van der Waals surface area contributed by atoms with Crippen LogP contribution in [0.3, 0.4) is 0 Å². The normalized spacial score (nSPS) is 16.0. The molecule has 3 rings (SSSR count). The van der Waals surface area contributed by atoms with Crippen molar-refractivity contribution in [2.75, 3.05) is 20.1 Å². The van der Waals surface area contributed by atoms with E-state index in [0.29, 0.717) is 5.92 Å². The van der Waals surface area contributed by atoms with Crippen molar-refractivity contribution in [2.24, 2.45) is 0 Å². The average Bonchev–Trinajstić information content (AvgIpc) is 2.57. The molecule has 2 aromatic rings. The highest BCUT2D eigenvalue weighted by molar-refractivity contribution is 5.68. The van der Waals surface area contributed by atoms with Crippen LogP contribution in [0.25, 0.3) is 11.1 Å². The largest absolute Gasteiger partial charge is 0.317 e. The lowest BCUT2D eigenvalue weighted by Gasteiger charge is -2.23. The van der Waals surface area contributed by atoms with Gasteiger partial charge in [-0.1, -0.05) is 48.5 Å². The molecule has 21 heavy (non-hydrogen) atoms. The van der Waals surface area contributed by atoms with Crippen molar-refractivity contribution in [1.29, 1.82) is 0 Å². The van der Waals surface area contributed by atoms with Crippen LogP contribution in [-0.4, -0.2) is 20.1 Å². The summed E-state index contributed by atoms with van der Waals surface area (Å²) in [5, 5.41) is 6.71. The van der Waals surface area contributed by atoms with Gasteiger partial charge in [-0.05, 0) is 61.2 Å². The molecule has 0 aliphatic carbocycles. The van der Waals surface area contributed by atoms with E-state index in [1.54, 1.807) is 0 Å². The predicted octanol–water partition coefficient (Wildman–Crippen LogP) is 3.54. The molecular weight excluding hydrogens is 256 g/mol. The first-order valence-corrected chi connectivity index (χ1v) is 7.92. The van der Waals surface area contributed by atoms with Gasteiger partial charge in [0.1, 0.15) is 0 Å². The van der Waals surface area contributed by atoms with Gasteiger partial charge in [0.05, 0.1) is 0 Å². The lowest BCUT2D eigenvalue weighted by atomic mass is 9.88. The Balaban J connectivity index is 1.92. The summed E-state index contributed by atoms with van der Waals surface area (Å²) in [6.07, 6.45) is 2.50. The monoisotopic (exact) mass is 280 g/mol. The Labute approximate surface area is 127 Å². The summed E-state index contributed by atoms with van der Waals surface area (Å²) in [7, 11) is 2.00. The molecular formula is C19H24N2. The fourth-order valence-electron chi connectivity index (χ4n) is 3.26. The van der Waals surface area contributed by atoms with E-state index < -0.39 is 0 Å². The van der Waals surface area contributed by atoms with Gasteiger partial charge in [-0.2, -0.15) is 0 Å². The summed E-state index contributed by atoms with van der Waals surface area (Å²) in [4.78, 5) is 0. The first-order chi connectivity index (χ1) is 10.4. The second-order valence-corrected chi connectivity index (χ2v) is 5.84. The molecule has 0 aromatic heterocycles. The molecule has 0 saturated carbocycles. The number of rotatable bonds is 4. The van der Waals surface area contributed by atoms with E-state index in [4.69, 9.17) is 0 Å². The zero-order valence-electron chi connectivity index (χ0n) is 12.7. The minimum absolute atomic E-state index is 0.711. The highest BCUT2D eigenvalue weighted by Crippen LogP contribution is 2.30. The zero-order chi connectivity index (χ0) is 14.5. The van der Waals surface area contributed by atoms with Gasteiger partial charge >= 0.3 is 0 Å². The fraction of sp³-hybridized carbons (Fsp3) is 0.368. The minimum Gasteiger partial charge on any atom is -0.317 e. The van der Waals surface area contributed by atoms with E-state index in [2.05, 4.69) is 59.2 Å². The van der Waals surface area contributed by atoms with Crippen molar-refractivity contribution >= 4 is 0 Å². The van der Waals surface area contributed by atoms with Crippen molar-refractivity contribution in [2.45, 2.75) is 25.3 Å². The summed E-state index contributed by atoms with van der Waals surface area (Å²) in [5.74, 6) is 0.711. The van der Waals surface area contributed by atoms with Crippen LogP contribution in [0, 0.1) is 0 Å². The third kappa shape index (κ3) is 3.34. The average molecular weight is 280 g/mol. The predicted molar refractivity (Wildman–Crippen MR) is 89.5 cm³/mol. The molecule has 1 heterocycles. The summed E-state index contributed by atoms with van der Waals surface area (Å²) in [6.45, 7) is 3.20. The number of nitrogens with one attached hydrogen (secondary N) is 2. The molecule has 0 spiro atoms. The van der Waals surface area contributed by atoms with Gasteiger partial charge in [-0.3, -0.25) is 0 Å². The Bertz CT molecular complexity index is 586. The highest BCUT2D eigenvalue weighted by atomic mass is 14.9. The molecule has 1 fully saturated rings. The molecule has 0 bridgehead atoms. The number of hydrogen-bond acceptors (Lipinski definition) is 2. The quantitative estimate of drug-likeness (QED) is 0.895. The molecule has 1 saturated heterocycles. The van der Waals surface area contributed by atoms with E-state index in [1.165, 1.54) is 35.1 Å². The van der Waals surface area contributed by atoms with Gasteiger partial charge in [0.15, 0.2) is 0 Å². The van der Waals surface area contributed by atoms with Gasteiger partial charge < -0.3 is 10.6 Å². The maximum absolute atomic E-state index is 3.45. The molecule has 2 aromatic carbocycles. The molecule has 0 atom stereocenters. The van der Waals surface area contributed by atoms with Gasteiger partial charge in [0.2, 0.25) is 0 Å². The Morgan fingerprint density at radius 1 is 1.05 bits per heavy atom. The molecule has 0 unspecified atom stereocenters. The highest BCUT2D eigenvalue weighted by Gasteiger charge is 2.15. The molecule has 0 radical (unpaired) electrons. The van der Waals surface area contributed by atoms with Gasteiger partial charge in [-0.15, -0.1) is 0 Å². The Kier molecular flexibility index (Phi) is 4.69. The van der Waals surface area contributed by atoms with E-state index in [9.17, 15) is 0 Å². The van der Waals surface area contributed by atoms with Crippen molar-refractivity contribution < 1.29 is 0 Å². The fourth-order valence-corrected chi connectivity index (χ4v) is 3.26. The maximum atomic E-state index is 3.45. The number of benzene rings is 2. The third-order valence-electron chi connectivity index (χ3n) is 4.39. The van der Waals surface area contributed by atoms with Crippen molar-refractivity contribution in [3.05, 3.63) is 59.7 Å². The van der Waals surface area contributed by atoms with Gasteiger partial charge in [-0.25, -0.2) is 0 Å². The van der Waals surface area contributed by atoms with Crippen LogP contribution in [0.4, 0.5) is 0 Å². The lowest BCUT2D eigenvalue weighted by molar-refractivity contribution is 0.460. The van der Waals surface area contributed by atoms with Gasteiger partial charge in [0, 0.05) is 6.54 Å². The second-order valence-electron chi connectivity index (χ2n) is 5.84. The SMILES string of the molecule is CNCc1ccccc1-c1cccc(C2CCNCC2)c1. The molecule has 2 N–H and O–H groups in total. The lowest BCUT2D eigenvalue weighted by Crippen LogP contribution is -2.26. The summed E-state index contributed by atoms with van der Waals surface area (Å²) < 4.78 is 0. The van der Waals surface area contributed by atoms with E-state index in [-0.39, 0.29) is 0 Å². The molecule has 110 valence electrons. The summed E-state index contributed by atoms with van der Waals surface area (Å²) in [6, 6.07) is 17.8. The molecule has 0 amide bonds. The maximum Gasteiger partial charge on any atom is 0.0208 e. The van der Waals surface area contributed by atoms with E-state index >= 15 is 0 Å². The summed E-state index contributed by atoms with van der Waals surface area (Å²) >= 11 is 0. The Hall–Kier alpha value is -1.64. The molecule has 1 aliphatic heterocycles. The van der Waals surface area contributed by atoms with Crippen LogP contribution >= 0.6 is 0 Å². The van der Waals surface area contributed by atoms with Gasteiger partial charge in [0.25, 0.3) is 0 Å². The zero-order valence-corrected chi connectivity index (χ0v) is 12.7. The smallest absolute Gasteiger partial charge is 0.0208 e. The van der Waals surface area contributed by atoms with E-state index in [0.717, 1.165) is 19.6 Å².